The van der Waals surface area contributed by atoms with Gasteiger partial charge < -0.3 is 15.5 Å². The monoisotopic (exact) mass is 388 g/mol. The van der Waals surface area contributed by atoms with E-state index in [9.17, 15) is 4.39 Å². The number of H-pyrrole nitrogens is 1. The van der Waals surface area contributed by atoms with Gasteiger partial charge in [0, 0.05) is 41.6 Å². The first-order valence-electron chi connectivity index (χ1n) is 9.35. The van der Waals surface area contributed by atoms with Crippen molar-refractivity contribution in [1.82, 2.24) is 15.0 Å². The average Bonchev–Trinajstić information content (AvgIpc) is 3.14. The van der Waals surface area contributed by atoms with E-state index >= 15 is 0 Å². The molecule has 0 aliphatic rings. The zero-order chi connectivity index (χ0) is 20.1. The summed E-state index contributed by atoms with van der Waals surface area (Å²) in [6, 6.07) is 13.0. The van der Waals surface area contributed by atoms with E-state index in [4.69, 9.17) is 10.5 Å². The SMILES string of the molecule is N[C@H](COc1cncc(C=Cc2ccnc(F)c2)c1)Cc1c[nH]c2ccccc12. The van der Waals surface area contributed by atoms with Crippen LogP contribution in [0.3, 0.4) is 0 Å². The Morgan fingerprint density at radius 2 is 1.97 bits per heavy atom. The fourth-order valence-electron chi connectivity index (χ4n) is 3.16. The summed E-state index contributed by atoms with van der Waals surface area (Å²) in [5, 5.41) is 1.18. The van der Waals surface area contributed by atoms with Gasteiger partial charge in [-0.1, -0.05) is 30.4 Å². The highest BCUT2D eigenvalue weighted by atomic mass is 19.1. The summed E-state index contributed by atoms with van der Waals surface area (Å²) in [5.41, 5.74) is 10.1. The number of halogens is 1. The van der Waals surface area contributed by atoms with Crippen molar-refractivity contribution < 1.29 is 9.13 Å². The van der Waals surface area contributed by atoms with Crippen molar-refractivity contribution in [2.24, 2.45) is 5.73 Å². The van der Waals surface area contributed by atoms with E-state index < -0.39 is 5.95 Å². The van der Waals surface area contributed by atoms with Crippen molar-refractivity contribution in [1.29, 1.82) is 0 Å². The quantitative estimate of drug-likeness (QED) is 0.465. The molecule has 0 saturated heterocycles. The van der Waals surface area contributed by atoms with Crippen LogP contribution in [0.4, 0.5) is 4.39 Å². The van der Waals surface area contributed by atoms with Gasteiger partial charge in [0.1, 0.15) is 12.4 Å². The van der Waals surface area contributed by atoms with E-state index in [0.29, 0.717) is 18.8 Å². The number of nitrogens with one attached hydrogen (secondary N) is 1. The average molecular weight is 388 g/mol. The first-order valence-corrected chi connectivity index (χ1v) is 9.35. The maximum absolute atomic E-state index is 13.2. The largest absolute Gasteiger partial charge is 0.490 e. The second-order valence-corrected chi connectivity index (χ2v) is 6.83. The highest BCUT2D eigenvalue weighted by molar-refractivity contribution is 5.83. The van der Waals surface area contributed by atoms with Crippen LogP contribution in [0.5, 0.6) is 5.75 Å². The third-order valence-electron chi connectivity index (χ3n) is 4.57. The zero-order valence-corrected chi connectivity index (χ0v) is 15.8. The number of rotatable bonds is 7. The number of benzene rings is 1. The highest BCUT2D eigenvalue weighted by Crippen LogP contribution is 2.19. The van der Waals surface area contributed by atoms with Gasteiger partial charge in [-0.15, -0.1) is 0 Å². The lowest BCUT2D eigenvalue weighted by Gasteiger charge is -2.13. The van der Waals surface area contributed by atoms with Gasteiger partial charge in [-0.05, 0) is 41.3 Å². The summed E-state index contributed by atoms with van der Waals surface area (Å²) in [6.45, 7) is 0.379. The molecule has 4 rings (SSSR count). The molecular formula is C23H21FN4O. The summed E-state index contributed by atoms with van der Waals surface area (Å²) in [4.78, 5) is 11.0. The number of nitrogens with two attached hydrogens (primary N) is 1. The standard InChI is InChI=1S/C23H21FN4O/c24-23-10-16(7-8-27-23)5-6-17-9-20(14-26-12-17)29-15-19(25)11-18-13-28-22-4-2-1-3-21(18)22/h1-10,12-14,19,28H,11,15,25H2/t19-/m0/s1. The Kier molecular flexibility index (Phi) is 5.63. The highest BCUT2D eigenvalue weighted by Gasteiger charge is 2.10. The molecule has 6 heteroatoms. The fraction of sp³-hybridized carbons (Fsp3) is 0.130. The Labute approximate surface area is 168 Å². The molecule has 4 aromatic rings. The van der Waals surface area contributed by atoms with E-state index in [2.05, 4.69) is 21.0 Å². The van der Waals surface area contributed by atoms with Crippen LogP contribution in [0.15, 0.2) is 67.3 Å². The van der Waals surface area contributed by atoms with Gasteiger partial charge in [0.25, 0.3) is 0 Å². The molecule has 1 atom stereocenters. The summed E-state index contributed by atoms with van der Waals surface area (Å²) >= 11 is 0. The Bertz CT molecular complexity index is 1140. The number of aromatic nitrogens is 3. The topological polar surface area (TPSA) is 76.8 Å². The second-order valence-electron chi connectivity index (χ2n) is 6.83. The summed E-state index contributed by atoms with van der Waals surface area (Å²) in [7, 11) is 0. The van der Waals surface area contributed by atoms with Crippen LogP contribution in [0.25, 0.3) is 23.1 Å². The molecule has 0 aliphatic heterocycles. The van der Waals surface area contributed by atoms with Crippen molar-refractivity contribution in [2.45, 2.75) is 12.5 Å². The van der Waals surface area contributed by atoms with E-state index in [0.717, 1.165) is 16.6 Å². The third kappa shape index (κ3) is 4.86. The number of ether oxygens (including phenoxy) is 1. The van der Waals surface area contributed by atoms with Gasteiger partial charge in [-0.2, -0.15) is 4.39 Å². The van der Waals surface area contributed by atoms with Gasteiger partial charge >= 0.3 is 0 Å². The lowest BCUT2D eigenvalue weighted by Crippen LogP contribution is -2.30. The third-order valence-corrected chi connectivity index (χ3v) is 4.57. The van der Waals surface area contributed by atoms with E-state index in [1.807, 2.05) is 36.5 Å². The summed E-state index contributed by atoms with van der Waals surface area (Å²) < 4.78 is 19.0. The number of para-hydroxylation sites is 1. The van der Waals surface area contributed by atoms with E-state index in [1.54, 1.807) is 24.5 Å². The zero-order valence-electron chi connectivity index (χ0n) is 15.8. The van der Waals surface area contributed by atoms with E-state index in [1.165, 1.54) is 23.2 Å². The predicted octanol–water partition coefficient (Wildman–Crippen LogP) is 4.22. The number of aromatic amines is 1. The van der Waals surface area contributed by atoms with Crippen LogP contribution < -0.4 is 10.5 Å². The van der Waals surface area contributed by atoms with Crippen molar-refractivity contribution in [2.75, 3.05) is 6.61 Å². The molecule has 0 saturated carbocycles. The lowest BCUT2D eigenvalue weighted by molar-refractivity contribution is 0.287. The molecule has 0 unspecified atom stereocenters. The molecule has 3 heterocycles. The number of pyridine rings is 2. The molecule has 0 aliphatic carbocycles. The molecule has 0 amide bonds. The molecule has 0 radical (unpaired) electrons. The molecule has 3 aromatic heterocycles. The first kappa shape index (κ1) is 18.8. The van der Waals surface area contributed by atoms with Gasteiger partial charge in [0.15, 0.2) is 0 Å². The predicted molar refractivity (Wildman–Crippen MR) is 113 cm³/mol. The maximum atomic E-state index is 13.2. The summed E-state index contributed by atoms with van der Waals surface area (Å²) in [5.74, 6) is 0.133. The molecule has 3 N–H and O–H groups in total. The Balaban J connectivity index is 1.36. The van der Waals surface area contributed by atoms with Crippen LogP contribution in [0.1, 0.15) is 16.7 Å². The van der Waals surface area contributed by atoms with E-state index in [-0.39, 0.29) is 6.04 Å². The molecular weight excluding hydrogens is 367 g/mol. The Morgan fingerprint density at radius 1 is 1.10 bits per heavy atom. The molecule has 146 valence electrons. The molecule has 1 aromatic carbocycles. The Morgan fingerprint density at radius 3 is 2.86 bits per heavy atom. The van der Waals surface area contributed by atoms with Gasteiger partial charge in [-0.3, -0.25) is 4.98 Å². The van der Waals surface area contributed by atoms with Gasteiger partial charge in [0.05, 0.1) is 6.20 Å². The molecule has 0 bridgehead atoms. The van der Waals surface area contributed by atoms with Gasteiger partial charge in [-0.25, -0.2) is 4.98 Å². The van der Waals surface area contributed by atoms with Crippen LogP contribution in [-0.4, -0.2) is 27.6 Å². The van der Waals surface area contributed by atoms with Crippen molar-refractivity contribution in [3.05, 3.63) is 89.9 Å². The Hall–Kier alpha value is -3.51. The van der Waals surface area contributed by atoms with Crippen molar-refractivity contribution in [3.8, 4) is 5.75 Å². The fourth-order valence-corrected chi connectivity index (χ4v) is 3.16. The van der Waals surface area contributed by atoms with Crippen LogP contribution >= 0.6 is 0 Å². The minimum Gasteiger partial charge on any atom is -0.490 e. The lowest BCUT2D eigenvalue weighted by atomic mass is 10.1. The molecule has 0 fully saturated rings. The number of nitrogens with zero attached hydrogens (tertiary/aromatic N) is 2. The molecule has 5 nitrogen and oxygen atoms in total. The van der Waals surface area contributed by atoms with Crippen molar-refractivity contribution in [3.63, 3.8) is 0 Å². The smallest absolute Gasteiger partial charge is 0.213 e. The van der Waals surface area contributed by atoms with Gasteiger partial charge in [0.2, 0.25) is 5.95 Å². The molecule has 29 heavy (non-hydrogen) atoms. The van der Waals surface area contributed by atoms with Crippen molar-refractivity contribution >= 4 is 23.1 Å². The normalized spacial score (nSPS) is 12.5. The summed E-state index contributed by atoms with van der Waals surface area (Å²) in [6.07, 6.45) is 11.2. The number of hydrogen-bond donors (Lipinski definition) is 2. The molecule has 0 spiro atoms. The van der Waals surface area contributed by atoms with Crippen LogP contribution in [0, 0.1) is 5.95 Å². The maximum Gasteiger partial charge on any atom is 0.213 e. The number of hydrogen-bond acceptors (Lipinski definition) is 4. The minimum atomic E-state index is -0.508. The van der Waals surface area contributed by atoms with Crippen LogP contribution in [-0.2, 0) is 6.42 Å². The van der Waals surface area contributed by atoms with Crippen LogP contribution in [0.2, 0.25) is 0 Å². The first-order chi connectivity index (χ1) is 14.2. The number of fused-ring (bicyclic) bond motifs is 1. The minimum absolute atomic E-state index is 0.145. The second kappa shape index (κ2) is 8.67.